The molecule has 0 amide bonds. The molecule has 1 fully saturated rings. The van der Waals surface area contributed by atoms with Gasteiger partial charge in [0.05, 0.1) is 19.3 Å². The van der Waals surface area contributed by atoms with Crippen LogP contribution in [-0.2, 0) is 18.3 Å². The molecular weight excluding hydrogens is 420 g/mol. The third-order valence-corrected chi connectivity index (χ3v) is 6.97. The van der Waals surface area contributed by atoms with E-state index in [1.165, 1.54) is 9.13 Å². The predicted molar refractivity (Wildman–Crippen MR) is 127 cm³/mol. The van der Waals surface area contributed by atoms with Gasteiger partial charge in [-0.2, -0.15) is 4.98 Å². The van der Waals surface area contributed by atoms with Crippen LogP contribution in [0.1, 0.15) is 29.9 Å². The summed E-state index contributed by atoms with van der Waals surface area (Å²) in [5, 5.41) is 0. The second kappa shape index (κ2) is 8.31. The van der Waals surface area contributed by atoms with E-state index >= 15 is 0 Å². The van der Waals surface area contributed by atoms with Crippen LogP contribution in [0.3, 0.4) is 0 Å². The minimum absolute atomic E-state index is 0.0276. The fraction of sp³-hybridized carbons (Fsp3) is 0.458. The quantitative estimate of drug-likeness (QED) is 0.463. The molecule has 0 saturated carbocycles. The summed E-state index contributed by atoms with van der Waals surface area (Å²) in [6.45, 7) is 10.1. The van der Waals surface area contributed by atoms with E-state index in [9.17, 15) is 9.59 Å². The van der Waals surface area contributed by atoms with Crippen LogP contribution in [0.2, 0.25) is 0 Å². The minimum atomic E-state index is -0.335. The topological polar surface area (TPSA) is 78.7 Å². The van der Waals surface area contributed by atoms with Gasteiger partial charge in [0.25, 0.3) is 5.56 Å². The van der Waals surface area contributed by atoms with Gasteiger partial charge in [-0.05, 0) is 26.3 Å². The second-order valence-electron chi connectivity index (χ2n) is 8.80. The van der Waals surface area contributed by atoms with Crippen LogP contribution in [0.25, 0.3) is 16.9 Å². The molecule has 0 spiro atoms. The monoisotopic (exact) mass is 450 g/mol. The van der Waals surface area contributed by atoms with E-state index in [0.29, 0.717) is 43.2 Å². The molecule has 1 aromatic carbocycles. The van der Waals surface area contributed by atoms with Crippen molar-refractivity contribution in [2.24, 2.45) is 7.05 Å². The number of aryl methyl sites for hydroxylation is 2. The first-order valence-electron chi connectivity index (χ1n) is 11.4. The van der Waals surface area contributed by atoms with Crippen molar-refractivity contribution in [3.05, 3.63) is 68.1 Å². The van der Waals surface area contributed by atoms with Crippen LogP contribution in [0.5, 0.6) is 0 Å². The van der Waals surface area contributed by atoms with Crippen LogP contribution in [0.15, 0.2) is 39.9 Å². The molecule has 5 rings (SSSR count). The molecular formula is C24H30N6O3. The Kier molecular flexibility index (Phi) is 5.46. The lowest BCUT2D eigenvalue weighted by atomic mass is 10.1. The summed E-state index contributed by atoms with van der Waals surface area (Å²) in [4.78, 5) is 33.7. The van der Waals surface area contributed by atoms with E-state index in [0.717, 1.165) is 30.0 Å². The third kappa shape index (κ3) is 3.43. The van der Waals surface area contributed by atoms with Crippen LogP contribution >= 0.6 is 0 Å². The van der Waals surface area contributed by atoms with E-state index < -0.39 is 0 Å². The fourth-order valence-corrected chi connectivity index (χ4v) is 4.88. The molecule has 1 aliphatic rings. The van der Waals surface area contributed by atoms with E-state index in [4.69, 9.17) is 9.72 Å². The molecule has 4 aromatic rings. The van der Waals surface area contributed by atoms with Gasteiger partial charge in [-0.15, -0.1) is 0 Å². The maximum absolute atomic E-state index is 13.6. The fourth-order valence-electron chi connectivity index (χ4n) is 4.88. The van der Waals surface area contributed by atoms with Crippen molar-refractivity contribution in [3.8, 4) is 0 Å². The highest BCUT2D eigenvalue weighted by Crippen LogP contribution is 2.27. The zero-order chi connectivity index (χ0) is 23.3. The maximum atomic E-state index is 13.6. The average Bonchev–Trinajstić information content (AvgIpc) is 3.33. The molecule has 0 N–H and O–H groups in total. The van der Waals surface area contributed by atoms with Crippen molar-refractivity contribution in [3.63, 3.8) is 0 Å². The number of hydrogen-bond donors (Lipinski definition) is 0. The number of nitrogens with zero attached hydrogens (tertiary/aromatic N) is 6. The summed E-state index contributed by atoms with van der Waals surface area (Å²) in [5.74, 6) is 0.675. The largest absolute Gasteiger partial charge is 0.379 e. The molecule has 0 unspecified atom stereocenters. The summed E-state index contributed by atoms with van der Waals surface area (Å²) in [5.41, 5.74) is 3.39. The lowest BCUT2D eigenvalue weighted by Gasteiger charge is -2.26. The van der Waals surface area contributed by atoms with Crippen LogP contribution < -0.4 is 11.2 Å². The third-order valence-electron chi connectivity index (χ3n) is 6.97. The van der Waals surface area contributed by atoms with Gasteiger partial charge in [-0.3, -0.25) is 23.2 Å². The number of hydrogen-bond acceptors (Lipinski definition) is 5. The highest BCUT2D eigenvalue weighted by atomic mass is 16.5. The molecule has 174 valence electrons. The Labute approximate surface area is 191 Å². The van der Waals surface area contributed by atoms with Gasteiger partial charge in [-0.1, -0.05) is 30.3 Å². The minimum Gasteiger partial charge on any atom is -0.379 e. The Morgan fingerprint density at radius 3 is 2.42 bits per heavy atom. The summed E-state index contributed by atoms with van der Waals surface area (Å²) in [6, 6.07) is 10.2. The Balaban J connectivity index is 1.67. The first kappa shape index (κ1) is 21.7. The SMILES string of the molecule is Cc1c(C)n2c3c(=O)n(CCN4CCOCC4)c(=O)n(C)c3nc2n1[C@H](C)c1ccccc1. The summed E-state index contributed by atoms with van der Waals surface area (Å²) in [7, 11) is 1.69. The zero-order valence-corrected chi connectivity index (χ0v) is 19.6. The van der Waals surface area contributed by atoms with Gasteiger partial charge in [0.15, 0.2) is 11.2 Å². The van der Waals surface area contributed by atoms with Crippen LogP contribution in [-0.4, -0.2) is 60.8 Å². The van der Waals surface area contributed by atoms with Crippen molar-refractivity contribution in [2.75, 3.05) is 32.8 Å². The number of rotatable bonds is 5. The number of imidazole rings is 2. The lowest BCUT2D eigenvalue weighted by Crippen LogP contribution is -2.44. The Bertz CT molecular complexity index is 1440. The Morgan fingerprint density at radius 1 is 1.03 bits per heavy atom. The van der Waals surface area contributed by atoms with Crippen molar-refractivity contribution >= 4 is 16.9 Å². The molecule has 3 aromatic heterocycles. The number of aromatic nitrogens is 5. The summed E-state index contributed by atoms with van der Waals surface area (Å²) >= 11 is 0. The van der Waals surface area contributed by atoms with Crippen molar-refractivity contribution < 1.29 is 4.74 Å². The second-order valence-corrected chi connectivity index (χ2v) is 8.80. The molecule has 0 bridgehead atoms. The first-order valence-corrected chi connectivity index (χ1v) is 11.4. The van der Waals surface area contributed by atoms with E-state index in [1.807, 2.05) is 36.4 Å². The van der Waals surface area contributed by atoms with E-state index in [2.05, 4.69) is 28.5 Å². The Morgan fingerprint density at radius 2 is 1.73 bits per heavy atom. The van der Waals surface area contributed by atoms with Crippen molar-refractivity contribution in [1.82, 2.24) is 28.0 Å². The zero-order valence-electron chi connectivity index (χ0n) is 19.6. The Hall–Kier alpha value is -3.17. The lowest BCUT2D eigenvalue weighted by molar-refractivity contribution is 0.0361. The smallest absolute Gasteiger partial charge is 0.332 e. The highest BCUT2D eigenvalue weighted by Gasteiger charge is 2.25. The molecule has 1 aliphatic heterocycles. The highest BCUT2D eigenvalue weighted by molar-refractivity contribution is 5.76. The maximum Gasteiger partial charge on any atom is 0.332 e. The van der Waals surface area contributed by atoms with Gasteiger partial charge in [0, 0.05) is 44.6 Å². The van der Waals surface area contributed by atoms with Gasteiger partial charge in [0.1, 0.15) is 0 Å². The van der Waals surface area contributed by atoms with E-state index in [1.54, 1.807) is 7.05 Å². The number of morpholine rings is 1. The molecule has 9 nitrogen and oxygen atoms in total. The standard InChI is InChI=1S/C24H30N6O3/c1-16-17(2)30-20-21(25-23(30)29(16)18(3)19-8-6-5-7-9-19)26(4)24(32)28(22(20)31)11-10-27-12-14-33-15-13-27/h5-9,18H,10-15H2,1-4H3/t18-/m1/s1. The van der Waals surface area contributed by atoms with E-state index in [-0.39, 0.29) is 17.3 Å². The molecule has 0 aliphatic carbocycles. The van der Waals surface area contributed by atoms with Crippen molar-refractivity contribution in [2.45, 2.75) is 33.4 Å². The van der Waals surface area contributed by atoms with Gasteiger partial charge < -0.3 is 9.30 Å². The summed E-state index contributed by atoms with van der Waals surface area (Å²) < 4.78 is 12.3. The van der Waals surface area contributed by atoms with Crippen molar-refractivity contribution in [1.29, 1.82) is 0 Å². The normalized spacial score (nSPS) is 16.1. The average molecular weight is 451 g/mol. The van der Waals surface area contributed by atoms with Gasteiger partial charge in [0.2, 0.25) is 5.78 Å². The number of benzene rings is 1. The summed E-state index contributed by atoms with van der Waals surface area (Å²) in [6.07, 6.45) is 0. The first-order chi connectivity index (χ1) is 15.9. The molecule has 4 heterocycles. The molecule has 1 atom stereocenters. The molecule has 9 heteroatoms. The molecule has 0 radical (unpaired) electrons. The van der Waals surface area contributed by atoms with Gasteiger partial charge in [-0.25, -0.2) is 4.79 Å². The molecule has 33 heavy (non-hydrogen) atoms. The van der Waals surface area contributed by atoms with Crippen LogP contribution in [0.4, 0.5) is 0 Å². The predicted octanol–water partition coefficient (Wildman–Crippen LogP) is 1.71. The number of fused-ring (bicyclic) bond motifs is 3. The van der Waals surface area contributed by atoms with Gasteiger partial charge >= 0.3 is 5.69 Å². The molecule has 1 saturated heterocycles. The van der Waals surface area contributed by atoms with Crippen LogP contribution in [0, 0.1) is 13.8 Å². The number of ether oxygens (including phenoxy) is 1.